The Labute approximate surface area is 158 Å². The number of carbonyl (C=O) groups is 1. The van der Waals surface area contributed by atoms with Gasteiger partial charge in [-0.15, -0.1) is 0 Å². The quantitative estimate of drug-likeness (QED) is 0.427. The first-order valence-corrected chi connectivity index (χ1v) is 9.61. The Bertz CT molecular complexity index is 730. The van der Waals surface area contributed by atoms with Crippen LogP contribution in [0.4, 0.5) is 0 Å². The summed E-state index contributed by atoms with van der Waals surface area (Å²) in [5.74, 6) is -0.0302. The van der Waals surface area contributed by atoms with Crippen molar-refractivity contribution in [2.45, 2.75) is 46.0 Å². The van der Waals surface area contributed by atoms with Gasteiger partial charge in [-0.1, -0.05) is 68.8 Å². The third kappa shape index (κ3) is 5.59. The minimum absolute atomic E-state index is 0.0302. The summed E-state index contributed by atoms with van der Waals surface area (Å²) >= 11 is 0. The van der Waals surface area contributed by atoms with Gasteiger partial charge in [0.15, 0.2) is 0 Å². The molecular weight excluding hydrogens is 318 g/mol. The fourth-order valence-electron chi connectivity index (χ4n) is 3.20. The lowest BCUT2D eigenvalue weighted by Gasteiger charge is -2.15. The second-order valence-corrected chi connectivity index (χ2v) is 7.02. The first kappa shape index (κ1) is 20.0. The van der Waals surface area contributed by atoms with E-state index in [0.29, 0.717) is 6.54 Å². The number of rotatable bonds is 9. The molecule has 0 aliphatic rings. The van der Waals surface area contributed by atoms with Crippen LogP contribution in [0.2, 0.25) is 0 Å². The fraction of sp³-hybridized carbons (Fsp3) is 0.375. The summed E-state index contributed by atoms with van der Waals surface area (Å²) in [5, 5.41) is 0. The standard InChI is InChI=1S/C24H31NO/c1-5-7-8-9-20-10-13-22(14-11-20)23-15-12-21(18-19(23)3)16-17-25(4)24(26)6-2/h6,10-15,18H,2,5,7-9,16-17H2,1,3-4H3. The number of aryl methyl sites for hydroxylation is 2. The van der Waals surface area contributed by atoms with Crippen molar-refractivity contribution in [1.82, 2.24) is 4.90 Å². The van der Waals surface area contributed by atoms with E-state index in [1.54, 1.807) is 4.90 Å². The summed E-state index contributed by atoms with van der Waals surface area (Å²) in [6.07, 6.45) is 7.22. The van der Waals surface area contributed by atoms with E-state index >= 15 is 0 Å². The van der Waals surface area contributed by atoms with Gasteiger partial charge in [-0.3, -0.25) is 4.79 Å². The lowest BCUT2D eigenvalue weighted by Crippen LogP contribution is -2.26. The van der Waals surface area contributed by atoms with Crippen LogP contribution < -0.4 is 0 Å². The van der Waals surface area contributed by atoms with Crippen LogP contribution in [0.3, 0.4) is 0 Å². The van der Waals surface area contributed by atoms with Crippen LogP contribution in [0.25, 0.3) is 11.1 Å². The van der Waals surface area contributed by atoms with E-state index in [0.717, 1.165) is 6.42 Å². The Morgan fingerprint density at radius 1 is 1.04 bits per heavy atom. The summed E-state index contributed by atoms with van der Waals surface area (Å²) in [4.78, 5) is 13.3. The first-order chi connectivity index (χ1) is 12.5. The van der Waals surface area contributed by atoms with Crippen LogP contribution in [0.1, 0.15) is 42.9 Å². The zero-order valence-electron chi connectivity index (χ0n) is 16.4. The van der Waals surface area contributed by atoms with E-state index in [1.165, 1.54) is 59.6 Å². The van der Waals surface area contributed by atoms with E-state index in [9.17, 15) is 4.79 Å². The van der Waals surface area contributed by atoms with Crippen molar-refractivity contribution < 1.29 is 4.79 Å². The molecule has 0 atom stereocenters. The molecule has 0 aliphatic heterocycles. The molecule has 0 aliphatic carbocycles. The van der Waals surface area contributed by atoms with Gasteiger partial charge in [-0.25, -0.2) is 0 Å². The van der Waals surface area contributed by atoms with Crippen LogP contribution in [0, 0.1) is 6.92 Å². The van der Waals surface area contributed by atoms with Crippen LogP contribution in [-0.2, 0) is 17.6 Å². The van der Waals surface area contributed by atoms with Gasteiger partial charge in [0.1, 0.15) is 0 Å². The van der Waals surface area contributed by atoms with Crippen molar-refractivity contribution in [3.8, 4) is 11.1 Å². The van der Waals surface area contributed by atoms with Crippen molar-refractivity contribution in [3.63, 3.8) is 0 Å². The van der Waals surface area contributed by atoms with E-state index in [1.807, 2.05) is 7.05 Å². The van der Waals surface area contributed by atoms with E-state index in [-0.39, 0.29) is 5.91 Å². The first-order valence-electron chi connectivity index (χ1n) is 9.61. The molecule has 0 fully saturated rings. The predicted molar refractivity (Wildman–Crippen MR) is 111 cm³/mol. The average Bonchev–Trinajstić information content (AvgIpc) is 2.66. The molecule has 0 heterocycles. The molecule has 0 unspecified atom stereocenters. The van der Waals surface area contributed by atoms with Gasteiger partial charge >= 0.3 is 0 Å². The van der Waals surface area contributed by atoms with Gasteiger partial charge in [0.25, 0.3) is 0 Å². The van der Waals surface area contributed by atoms with Crippen molar-refractivity contribution in [1.29, 1.82) is 0 Å². The summed E-state index contributed by atoms with van der Waals surface area (Å²) in [7, 11) is 1.81. The summed E-state index contributed by atoms with van der Waals surface area (Å²) in [6, 6.07) is 15.6. The van der Waals surface area contributed by atoms with Gasteiger partial charge in [-0.05, 0) is 60.1 Å². The third-order valence-electron chi connectivity index (χ3n) is 4.91. The Morgan fingerprint density at radius 2 is 1.73 bits per heavy atom. The maximum Gasteiger partial charge on any atom is 0.245 e. The molecule has 2 nitrogen and oxygen atoms in total. The van der Waals surface area contributed by atoms with Crippen molar-refractivity contribution in [3.05, 3.63) is 71.8 Å². The van der Waals surface area contributed by atoms with Gasteiger partial charge in [0, 0.05) is 13.6 Å². The summed E-state index contributed by atoms with van der Waals surface area (Å²) in [5.41, 5.74) is 6.51. The number of benzene rings is 2. The van der Waals surface area contributed by atoms with Crippen molar-refractivity contribution >= 4 is 5.91 Å². The van der Waals surface area contributed by atoms with Crippen molar-refractivity contribution in [2.24, 2.45) is 0 Å². The molecule has 2 aromatic rings. The number of unbranched alkanes of at least 4 members (excludes halogenated alkanes) is 2. The predicted octanol–water partition coefficient (Wildman–Crippen LogP) is 5.58. The van der Waals surface area contributed by atoms with Gasteiger partial charge < -0.3 is 4.90 Å². The topological polar surface area (TPSA) is 20.3 Å². The fourth-order valence-corrected chi connectivity index (χ4v) is 3.20. The third-order valence-corrected chi connectivity index (χ3v) is 4.91. The number of hydrogen-bond donors (Lipinski definition) is 0. The minimum atomic E-state index is -0.0302. The molecule has 2 heteroatoms. The average molecular weight is 350 g/mol. The molecule has 26 heavy (non-hydrogen) atoms. The minimum Gasteiger partial charge on any atom is -0.342 e. The zero-order chi connectivity index (χ0) is 18.9. The second-order valence-electron chi connectivity index (χ2n) is 7.02. The smallest absolute Gasteiger partial charge is 0.245 e. The van der Waals surface area contributed by atoms with Gasteiger partial charge in [-0.2, -0.15) is 0 Å². The molecule has 0 radical (unpaired) electrons. The highest BCUT2D eigenvalue weighted by molar-refractivity contribution is 5.86. The molecule has 1 amide bonds. The largest absolute Gasteiger partial charge is 0.342 e. The normalized spacial score (nSPS) is 10.6. The number of hydrogen-bond acceptors (Lipinski definition) is 1. The van der Waals surface area contributed by atoms with Gasteiger partial charge in [0.2, 0.25) is 5.91 Å². The van der Waals surface area contributed by atoms with Gasteiger partial charge in [0.05, 0.1) is 0 Å². The van der Waals surface area contributed by atoms with Crippen molar-refractivity contribution in [2.75, 3.05) is 13.6 Å². The number of amides is 1. The lowest BCUT2D eigenvalue weighted by molar-refractivity contribution is -0.124. The molecule has 138 valence electrons. The van der Waals surface area contributed by atoms with E-state index in [2.05, 4.69) is 62.9 Å². The molecule has 0 saturated heterocycles. The summed E-state index contributed by atoms with van der Waals surface area (Å²) < 4.78 is 0. The molecule has 2 aromatic carbocycles. The molecule has 0 bridgehead atoms. The Hall–Kier alpha value is -2.35. The molecular formula is C24H31NO. The number of carbonyl (C=O) groups excluding carboxylic acids is 1. The molecule has 2 rings (SSSR count). The highest BCUT2D eigenvalue weighted by Crippen LogP contribution is 2.25. The summed E-state index contributed by atoms with van der Waals surface area (Å²) in [6.45, 7) is 8.64. The second kappa shape index (κ2) is 9.96. The molecule has 0 N–H and O–H groups in total. The number of likely N-dealkylation sites (N-methyl/N-ethyl adjacent to an activating group) is 1. The number of nitrogens with zero attached hydrogens (tertiary/aromatic N) is 1. The van der Waals surface area contributed by atoms with E-state index in [4.69, 9.17) is 0 Å². The maximum absolute atomic E-state index is 11.6. The molecule has 0 aromatic heterocycles. The van der Waals surface area contributed by atoms with Crippen LogP contribution in [0.15, 0.2) is 55.1 Å². The van der Waals surface area contributed by atoms with E-state index < -0.39 is 0 Å². The zero-order valence-corrected chi connectivity index (χ0v) is 16.4. The van der Waals surface area contributed by atoms with Crippen LogP contribution in [-0.4, -0.2) is 24.4 Å². The highest BCUT2D eigenvalue weighted by Gasteiger charge is 2.07. The molecule has 0 spiro atoms. The monoisotopic (exact) mass is 349 g/mol. The lowest BCUT2D eigenvalue weighted by atomic mass is 9.96. The Morgan fingerprint density at radius 3 is 2.35 bits per heavy atom. The Kier molecular flexibility index (Phi) is 7.65. The SMILES string of the molecule is C=CC(=O)N(C)CCc1ccc(-c2ccc(CCCCC)cc2)c(C)c1. The van der Waals surface area contributed by atoms with Crippen LogP contribution >= 0.6 is 0 Å². The highest BCUT2D eigenvalue weighted by atomic mass is 16.2. The van der Waals surface area contributed by atoms with Crippen LogP contribution in [0.5, 0.6) is 0 Å². The Balaban J connectivity index is 2.02. The maximum atomic E-state index is 11.6. The molecule has 0 saturated carbocycles.